The standard InChI is InChI=1S/C21H18ClN.C7H8BClO2/c1-21(2,3)14-5-7-15-13(12-14)4-6-17-16(15)8-9-19-18(17)10-11-23-20(19)22;1-5-4-6(8(10)11)2-3-7(5)9/h4-12H,1-3H3;2-4,10-11H,1H3. The highest BCUT2D eigenvalue weighted by atomic mass is 35.5. The number of rotatable bonds is 1. The molecular weight excluding hydrogens is 464 g/mol. The van der Waals surface area contributed by atoms with Crippen LogP contribution in [-0.4, -0.2) is 22.2 Å². The highest BCUT2D eigenvalue weighted by Crippen LogP contribution is 2.34. The van der Waals surface area contributed by atoms with Gasteiger partial charge < -0.3 is 10.0 Å². The predicted molar refractivity (Wildman–Crippen MR) is 146 cm³/mol. The number of hydrogen-bond donors (Lipinski definition) is 2. The molecule has 2 N–H and O–H groups in total. The van der Waals surface area contributed by atoms with E-state index in [0.717, 1.165) is 16.3 Å². The van der Waals surface area contributed by atoms with Crippen LogP contribution in [0.3, 0.4) is 0 Å². The molecule has 0 spiro atoms. The zero-order valence-corrected chi connectivity index (χ0v) is 21.1. The van der Waals surface area contributed by atoms with Crippen molar-refractivity contribution < 1.29 is 10.0 Å². The van der Waals surface area contributed by atoms with Crippen LogP contribution < -0.4 is 5.46 Å². The summed E-state index contributed by atoms with van der Waals surface area (Å²) < 4.78 is 0. The van der Waals surface area contributed by atoms with Crippen molar-refractivity contribution in [3.05, 3.63) is 94.2 Å². The van der Waals surface area contributed by atoms with Gasteiger partial charge in [0.1, 0.15) is 5.15 Å². The number of nitrogens with zero attached hydrogens (tertiary/aromatic N) is 1. The van der Waals surface area contributed by atoms with Crippen molar-refractivity contribution in [3.63, 3.8) is 0 Å². The van der Waals surface area contributed by atoms with Gasteiger partial charge in [-0.2, -0.15) is 0 Å². The Morgan fingerprint density at radius 1 is 0.735 bits per heavy atom. The lowest BCUT2D eigenvalue weighted by Crippen LogP contribution is -2.29. The quantitative estimate of drug-likeness (QED) is 0.154. The predicted octanol–water partition coefficient (Wildman–Crippen LogP) is 6.82. The van der Waals surface area contributed by atoms with Gasteiger partial charge in [0.05, 0.1) is 0 Å². The topological polar surface area (TPSA) is 53.4 Å². The molecule has 1 aromatic heterocycles. The summed E-state index contributed by atoms with van der Waals surface area (Å²) in [7, 11) is -1.41. The molecule has 0 unspecified atom stereocenters. The summed E-state index contributed by atoms with van der Waals surface area (Å²) in [6.07, 6.45) is 1.77. The molecule has 6 heteroatoms. The molecule has 0 aliphatic heterocycles. The SMILES string of the molecule is CC(C)(C)c1ccc2c(ccc3c4ccnc(Cl)c4ccc23)c1.Cc1cc(B(O)O)ccc1Cl. The van der Waals surface area contributed by atoms with Crippen LogP contribution in [0.5, 0.6) is 0 Å². The molecule has 0 radical (unpaired) electrons. The summed E-state index contributed by atoms with van der Waals surface area (Å²) in [5, 5.41) is 25.9. The molecule has 0 saturated heterocycles. The van der Waals surface area contributed by atoms with E-state index in [0.29, 0.717) is 15.6 Å². The van der Waals surface area contributed by atoms with E-state index in [1.165, 1.54) is 27.1 Å². The largest absolute Gasteiger partial charge is 0.488 e. The number of pyridine rings is 1. The van der Waals surface area contributed by atoms with Crippen molar-refractivity contribution in [2.45, 2.75) is 33.1 Å². The summed E-state index contributed by atoms with van der Waals surface area (Å²) >= 11 is 12.0. The average Bonchev–Trinajstić information content (AvgIpc) is 2.80. The Kier molecular flexibility index (Phi) is 6.88. The Morgan fingerprint density at radius 3 is 2.03 bits per heavy atom. The van der Waals surface area contributed by atoms with Gasteiger partial charge in [0, 0.05) is 16.6 Å². The summed E-state index contributed by atoms with van der Waals surface area (Å²) in [4.78, 5) is 4.18. The number of fused-ring (bicyclic) bond motifs is 5. The fourth-order valence-corrected chi connectivity index (χ4v) is 4.41. The molecule has 172 valence electrons. The maximum absolute atomic E-state index is 8.75. The van der Waals surface area contributed by atoms with Crippen molar-refractivity contribution >= 4 is 68.1 Å². The number of hydrogen-bond acceptors (Lipinski definition) is 3. The first-order valence-corrected chi connectivity index (χ1v) is 11.8. The lowest BCUT2D eigenvalue weighted by molar-refractivity contribution is 0.425. The molecule has 34 heavy (non-hydrogen) atoms. The van der Waals surface area contributed by atoms with Crippen LogP contribution in [0.1, 0.15) is 31.9 Å². The second kappa shape index (κ2) is 9.55. The summed E-state index contributed by atoms with van der Waals surface area (Å²) in [6.45, 7) is 8.56. The molecule has 5 rings (SSSR count). The lowest BCUT2D eigenvalue weighted by Gasteiger charge is -2.20. The monoisotopic (exact) mass is 489 g/mol. The number of aromatic nitrogens is 1. The molecule has 0 aliphatic carbocycles. The molecule has 0 aliphatic rings. The van der Waals surface area contributed by atoms with Gasteiger partial charge in [-0.3, -0.25) is 0 Å². The van der Waals surface area contributed by atoms with Gasteiger partial charge in [-0.25, -0.2) is 4.98 Å². The van der Waals surface area contributed by atoms with E-state index in [2.05, 4.69) is 68.2 Å². The van der Waals surface area contributed by atoms with Gasteiger partial charge in [0.15, 0.2) is 0 Å². The Balaban J connectivity index is 0.000000210. The van der Waals surface area contributed by atoms with Gasteiger partial charge in [-0.15, -0.1) is 0 Å². The molecular formula is C28H26BCl2NO2. The van der Waals surface area contributed by atoms with Gasteiger partial charge in [0.2, 0.25) is 0 Å². The Bertz CT molecular complexity index is 1510. The van der Waals surface area contributed by atoms with E-state index in [1.54, 1.807) is 24.4 Å². The zero-order valence-electron chi connectivity index (χ0n) is 19.6. The fraction of sp³-hybridized carbons (Fsp3) is 0.179. The van der Waals surface area contributed by atoms with E-state index in [1.807, 2.05) is 13.0 Å². The highest BCUT2D eigenvalue weighted by molar-refractivity contribution is 6.58. The summed E-state index contributed by atoms with van der Waals surface area (Å²) in [6, 6.07) is 22.3. The third-order valence-corrected chi connectivity index (χ3v) is 6.78. The second-order valence-electron chi connectivity index (χ2n) is 9.49. The van der Waals surface area contributed by atoms with Crippen molar-refractivity contribution in [2.24, 2.45) is 0 Å². The third kappa shape index (κ3) is 4.91. The van der Waals surface area contributed by atoms with Gasteiger partial charge >= 0.3 is 7.12 Å². The first-order chi connectivity index (χ1) is 16.1. The van der Waals surface area contributed by atoms with E-state index in [4.69, 9.17) is 33.2 Å². The second-order valence-corrected chi connectivity index (χ2v) is 10.3. The van der Waals surface area contributed by atoms with Gasteiger partial charge in [0.25, 0.3) is 0 Å². The molecule has 5 aromatic rings. The highest BCUT2D eigenvalue weighted by Gasteiger charge is 2.15. The van der Waals surface area contributed by atoms with Crippen LogP contribution in [0.2, 0.25) is 10.2 Å². The molecule has 4 aromatic carbocycles. The van der Waals surface area contributed by atoms with Crippen LogP contribution in [-0.2, 0) is 5.41 Å². The Morgan fingerprint density at radius 2 is 1.35 bits per heavy atom. The lowest BCUT2D eigenvalue weighted by atomic mass is 9.80. The minimum absolute atomic E-state index is 0.158. The summed E-state index contributed by atoms with van der Waals surface area (Å²) in [5.41, 5.74) is 2.83. The van der Waals surface area contributed by atoms with E-state index < -0.39 is 7.12 Å². The average molecular weight is 490 g/mol. The Hall–Kier alpha value is -2.63. The Labute approximate surface area is 210 Å². The van der Waals surface area contributed by atoms with E-state index >= 15 is 0 Å². The normalized spacial score (nSPS) is 11.5. The number of aryl methyl sites for hydroxylation is 1. The van der Waals surface area contributed by atoms with Gasteiger partial charge in [-0.05, 0) is 68.0 Å². The first-order valence-electron chi connectivity index (χ1n) is 11.1. The summed E-state index contributed by atoms with van der Waals surface area (Å²) in [5.74, 6) is 0. The molecule has 0 atom stereocenters. The van der Waals surface area contributed by atoms with Crippen molar-refractivity contribution in [2.75, 3.05) is 0 Å². The molecule has 3 nitrogen and oxygen atoms in total. The number of halogens is 2. The fourth-order valence-electron chi connectivity index (χ4n) is 4.07. The number of benzene rings is 4. The molecule has 0 amide bonds. The van der Waals surface area contributed by atoms with E-state index in [9.17, 15) is 0 Å². The molecule has 0 bridgehead atoms. The maximum atomic E-state index is 8.75. The maximum Gasteiger partial charge on any atom is 0.488 e. The van der Waals surface area contributed by atoms with Crippen LogP contribution in [0, 0.1) is 6.92 Å². The van der Waals surface area contributed by atoms with Crippen LogP contribution in [0.25, 0.3) is 32.3 Å². The molecule has 0 fully saturated rings. The van der Waals surface area contributed by atoms with Crippen molar-refractivity contribution in [1.82, 2.24) is 4.98 Å². The van der Waals surface area contributed by atoms with E-state index in [-0.39, 0.29) is 5.41 Å². The minimum atomic E-state index is -1.41. The first kappa shape index (κ1) is 24.5. The third-order valence-electron chi connectivity index (χ3n) is 6.06. The van der Waals surface area contributed by atoms with Gasteiger partial charge in [-0.1, -0.05) is 98.6 Å². The minimum Gasteiger partial charge on any atom is -0.423 e. The van der Waals surface area contributed by atoms with Crippen LogP contribution in [0.15, 0.2) is 72.9 Å². The van der Waals surface area contributed by atoms with Crippen LogP contribution >= 0.6 is 23.2 Å². The van der Waals surface area contributed by atoms with Crippen molar-refractivity contribution in [1.29, 1.82) is 0 Å². The molecule has 1 heterocycles. The zero-order chi connectivity index (χ0) is 24.6. The van der Waals surface area contributed by atoms with Crippen molar-refractivity contribution in [3.8, 4) is 0 Å². The molecule has 0 saturated carbocycles. The van der Waals surface area contributed by atoms with Crippen LogP contribution in [0.4, 0.5) is 0 Å². The smallest absolute Gasteiger partial charge is 0.423 e.